The number of halogens is 1. The third-order valence-corrected chi connectivity index (χ3v) is 6.97. The van der Waals surface area contributed by atoms with Crippen LogP contribution in [0.5, 0.6) is 5.75 Å². The van der Waals surface area contributed by atoms with Crippen molar-refractivity contribution in [3.63, 3.8) is 0 Å². The van der Waals surface area contributed by atoms with Gasteiger partial charge in [0, 0.05) is 22.1 Å². The van der Waals surface area contributed by atoms with E-state index in [0.717, 1.165) is 21.8 Å². The normalized spacial score (nSPS) is 10.8. The first-order chi connectivity index (χ1) is 16.4. The number of carbonyl (C=O) groups excluding carboxylic acids is 1. The van der Waals surface area contributed by atoms with Crippen molar-refractivity contribution in [2.45, 2.75) is 19.9 Å². The van der Waals surface area contributed by atoms with Crippen LogP contribution in [-0.4, -0.2) is 29.1 Å². The number of hydrogen-bond acceptors (Lipinski definition) is 6. The molecule has 0 saturated carbocycles. The number of rotatable bonds is 7. The van der Waals surface area contributed by atoms with E-state index >= 15 is 0 Å². The molecule has 2 aromatic carbocycles. The van der Waals surface area contributed by atoms with Crippen molar-refractivity contribution in [3.05, 3.63) is 75.8 Å². The number of ether oxygens (including phenoxy) is 1. The third-order valence-electron chi connectivity index (χ3n) is 5.39. The van der Waals surface area contributed by atoms with Crippen molar-refractivity contribution >= 4 is 44.7 Å². The van der Waals surface area contributed by atoms with E-state index < -0.39 is 0 Å². The predicted octanol–water partition coefficient (Wildman–Crippen LogP) is 5.04. The van der Waals surface area contributed by atoms with Gasteiger partial charge in [0.25, 0.3) is 5.56 Å². The number of carbonyl (C=O) groups is 1. The number of hydrogen-bond donors (Lipinski definition) is 0. The van der Waals surface area contributed by atoms with Gasteiger partial charge in [-0.05, 0) is 66.6 Å². The summed E-state index contributed by atoms with van der Waals surface area (Å²) in [5.41, 5.74) is 2.70. The summed E-state index contributed by atoms with van der Waals surface area (Å²) in [6, 6.07) is 16.7. The van der Waals surface area contributed by atoms with Crippen LogP contribution in [0, 0.1) is 18.3 Å². The molecule has 4 rings (SSSR count). The summed E-state index contributed by atoms with van der Waals surface area (Å²) in [5.74, 6) is 0.438. The minimum Gasteiger partial charge on any atom is -0.497 e. The molecule has 0 saturated heterocycles. The van der Waals surface area contributed by atoms with Gasteiger partial charge < -0.3 is 9.64 Å². The Morgan fingerprint density at radius 3 is 2.68 bits per heavy atom. The molecule has 1 amide bonds. The second kappa shape index (κ2) is 10.1. The Balaban J connectivity index is 1.63. The van der Waals surface area contributed by atoms with Crippen LogP contribution in [-0.2, 0) is 11.3 Å². The van der Waals surface area contributed by atoms with Crippen LogP contribution in [0.1, 0.15) is 12.0 Å². The highest BCUT2D eigenvalue weighted by atomic mass is 35.5. The highest BCUT2D eigenvalue weighted by Gasteiger charge is 2.19. The fourth-order valence-corrected chi connectivity index (χ4v) is 4.73. The van der Waals surface area contributed by atoms with Crippen molar-refractivity contribution in [2.75, 3.05) is 18.6 Å². The molecule has 0 fully saturated rings. The van der Waals surface area contributed by atoms with Crippen molar-refractivity contribution in [1.29, 1.82) is 5.26 Å². The van der Waals surface area contributed by atoms with Crippen LogP contribution in [0.2, 0.25) is 5.02 Å². The van der Waals surface area contributed by atoms with Gasteiger partial charge in [0.05, 0.1) is 31.4 Å². The van der Waals surface area contributed by atoms with Crippen molar-refractivity contribution < 1.29 is 9.53 Å². The van der Waals surface area contributed by atoms with Gasteiger partial charge in [-0.1, -0.05) is 11.6 Å². The number of benzene rings is 2. The first kappa shape index (κ1) is 23.5. The van der Waals surface area contributed by atoms with E-state index in [1.807, 2.05) is 37.3 Å². The Labute approximate surface area is 205 Å². The van der Waals surface area contributed by atoms with E-state index in [0.29, 0.717) is 20.9 Å². The molecule has 172 valence electrons. The summed E-state index contributed by atoms with van der Waals surface area (Å²) in [5, 5.41) is 9.63. The van der Waals surface area contributed by atoms with Crippen molar-refractivity contribution in [1.82, 2.24) is 9.55 Å². The summed E-state index contributed by atoms with van der Waals surface area (Å²) in [6.45, 7) is 1.87. The lowest BCUT2D eigenvalue weighted by molar-refractivity contribution is -0.119. The summed E-state index contributed by atoms with van der Waals surface area (Å²) in [4.78, 5) is 33.1. The van der Waals surface area contributed by atoms with Gasteiger partial charge in [-0.2, -0.15) is 5.26 Å². The summed E-state index contributed by atoms with van der Waals surface area (Å²) < 4.78 is 6.99. The van der Waals surface area contributed by atoms with E-state index in [1.165, 1.54) is 27.1 Å². The van der Waals surface area contributed by atoms with Gasteiger partial charge in [0.15, 0.2) is 0 Å². The van der Waals surface area contributed by atoms with Gasteiger partial charge in [-0.15, -0.1) is 11.3 Å². The number of methoxy groups -OCH3 is 1. The SMILES string of the molecule is COc1ccc(-c2cc3ncn(CC(=O)N(CCC#N)c4ccc(Cl)c(C)c4)c(=O)c3s2)cc1. The average Bonchev–Trinajstić information content (AvgIpc) is 3.28. The minimum absolute atomic E-state index is 0.162. The highest BCUT2D eigenvalue weighted by Crippen LogP contribution is 2.31. The average molecular weight is 493 g/mol. The summed E-state index contributed by atoms with van der Waals surface area (Å²) in [6.07, 6.45) is 1.55. The molecule has 0 aliphatic rings. The van der Waals surface area contributed by atoms with E-state index in [-0.39, 0.29) is 31.0 Å². The van der Waals surface area contributed by atoms with Gasteiger partial charge in [-0.25, -0.2) is 4.98 Å². The zero-order valence-corrected chi connectivity index (χ0v) is 20.2. The maximum Gasteiger partial charge on any atom is 0.271 e. The molecule has 2 aromatic heterocycles. The van der Waals surface area contributed by atoms with E-state index in [9.17, 15) is 9.59 Å². The second-order valence-corrected chi connectivity index (χ2v) is 9.08. The van der Waals surface area contributed by atoms with Crippen LogP contribution in [0.25, 0.3) is 20.7 Å². The zero-order valence-electron chi connectivity index (χ0n) is 18.6. The molecule has 2 heterocycles. The summed E-state index contributed by atoms with van der Waals surface area (Å²) in [7, 11) is 1.61. The zero-order chi connectivity index (χ0) is 24.2. The molecule has 0 atom stereocenters. The number of anilines is 1. The number of nitriles is 1. The molecule has 0 spiro atoms. The molecule has 4 aromatic rings. The van der Waals surface area contributed by atoms with Crippen molar-refractivity contribution in [2.24, 2.45) is 0 Å². The second-order valence-electron chi connectivity index (χ2n) is 7.62. The van der Waals surface area contributed by atoms with Gasteiger partial charge >= 0.3 is 0 Å². The lowest BCUT2D eigenvalue weighted by atomic mass is 10.2. The number of thiophene rings is 1. The van der Waals surface area contributed by atoms with Crippen LogP contribution in [0.15, 0.2) is 59.7 Å². The Morgan fingerprint density at radius 2 is 2.00 bits per heavy atom. The molecular weight excluding hydrogens is 472 g/mol. The third kappa shape index (κ3) is 4.81. The van der Waals surface area contributed by atoms with Crippen LogP contribution < -0.4 is 15.2 Å². The monoisotopic (exact) mass is 492 g/mol. The fourth-order valence-electron chi connectivity index (χ4n) is 3.54. The molecule has 0 radical (unpaired) electrons. The Bertz CT molecular complexity index is 1450. The Kier molecular flexibility index (Phi) is 6.96. The van der Waals surface area contributed by atoms with Gasteiger partial charge in [0.1, 0.15) is 17.0 Å². The first-order valence-electron chi connectivity index (χ1n) is 10.5. The maximum atomic E-state index is 13.2. The molecule has 0 aliphatic carbocycles. The lowest BCUT2D eigenvalue weighted by Crippen LogP contribution is -2.37. The number of nitrogens with zero attached hydrogens (tertiary/aromatic N) is 4. The number of amides is 1. The molecule has 7 nitrogen and oxygen atoms in total. The molecule has 0 aliphatic heterocycles. The smallest absolute Gasteiger partial charge is 0.271 e. The number of aromatic nitrogens is 2. The number of aryl methyl sites for hydroxylation is 1. The largest absolute Gasteiger partial charge is 0.497 e. The van der Waals surface area contributed by atoms with E-state index in [2.05, 4.69) is 11.1 Å². The standard InChI is InChI=1S/C25H21ClN4O3S/c1-16-12-18(6-9-20(16)26)30(11-3-10-27)23(31)14-29-15-28-21-13-22(34-24(21)25(29)32)17-4-7-19(33-2)8-5-17/h4-9,12-13,15H,3,11,14H2,1-2H3. The Hall–Kier alpha value is -3.67. The van der Waals surface area contributed by atoms with Crippen molar-refractivity contribution in [3.8, 4) is 22.3 Å². The molecule has 9 heteroatoms. The van der Waals surface area contributed by atoms with E-state index in [1.54, 1.807) is 25.3 Å². The fraction of sp³-hybridized carbons (Fsp3) is 0.200. The van der Waals surface area contributed by atoms with Gasteiger partial charge in [-0.3, -0.25) is 14.2 Å². The van der Waals surface area contributed by atoms with Crippen LogP contribution in [0.4, 0.5) is 5.69 Å². The Morgan fingerprint density at radius 1 is 1.24 bits per heavy atom. The molecule has 0 bridgehead atoms. The lowest BCUT2D eigenvalue weighted by Gasteiger charge is -2.23. The molecule has 0 N–H and O–H groups in total. The molecule has 34 heavy (non-hydrogen) atoms. The minimum atomic E-state index is -0.313. The van der Waals surface area contributed by atoms with Crippen LogP contribution in [0.3, 0.4) is 0 Å². The summed E-state index contributed by atoms with van der Waals surface area (Å²) >= 11 is 7.46. The van der Waals surface area contributed by atoms with E-state index in [4.69, 9.17) is 21.6 Å². The molecular formula is C25H21ClN4O3S. The molecule has 0 unspecified atom stereocenters. The maximum absolute atomic E-state index is 13.2. The van der Waals surface area contributed by atoms with Crippen LogP contribution >= 0.6 is 22.9 Å². The van der Waals surface area contributed by atoms with Gasteiger partial charge in [0.2, 0.25) is 5.91 Å². The number of fused-ring (bicyclic) bond motifs is 1. The topological polar surface area (TPSA) is 88.2 Å². The quantitative estimate of drug-likeness (QED) is 0.360. The first-order valence-corrected chi connectivity index (χ1v) is 11.7. The highest BCUT2D eigenvalue weighted by molar-refractivity contribution is 7.22. The predicted molar refractivity (Wildman–Crippen MR) is 135 cm³/mol.